The van der Waals surface area contributed by atoms with Crippen LogP contribution in [0.1, 0.15) is 48.8 Å². The number of aromatic hydroxyl groups is 1. The van der Waals surface area contributed by atoms with Crippen LogP contribution in [0.25, 0.3) is 10.9 Å². The van der Waals surface area contributed by atoms with E-state index in [-0.39, 0.29) is 50.0 Å². The van der Waals surface area contributed by atoms with Gasteiger partial charge in [0.15, 0.2) is 5.96 Å². The second kappa shape index (κ2) is 18.4. The summed E-state index contributed by atoms with van der Waals surface area (Å²) in [5.41, 5.74) is 8.83. The lowest BCUT2D eigenvalue weighted by Gasteiger charge is -2.27. The third-order valence-corrected chi connectivity index (χ3v) is 9.21. The monoisotopic (exact) mass is 709 g/mol. The van der Waals surface area contributed by atoms with Crippen LogP contribution >= 0.6 is 0 Å². The van der Waals surface area contributed by atoms with Gasteiger partial charge in [-0.15, -0.1) is 0 Å². The number of guanidine groups is 1. The summed E-state index contributed by atoms with van der Waals surface area (Å²) in [6.07, 6.45) is 4.54. The number of carbonyl (C=O) groups excluding carboxylic acids is 4. The Morgan fingerprint density at radius 1 is 0.788 bits per heavy atom. The quantitative estimate of drug-likeness (QED) is 0.0530. The third-order valence-electron chi connectivity index (χ3n) is 9.21. The van der Waals surface area contributed by atoms with E-state index in [1.54, 1.807) is 30.5 Å². The van der Waals surface area contributed by atoms with Gasteiger partial charge in [0.1, 0.15) is 23.9 Å². The summed E-state index contributed by atoms with van der Waals surface area (Å²) in [5, 5.41) is 29.6. The van der Waals surface area contributed by atoms with Crippen molar-refractivity contribution in [1.29, 1.82) is 5.41 Å². The molecule has 0 spiro atoms. The molecule has 2 heterocycles. The largest absolute Gasteiger partial charge is 0.508 e. The Morgan fingerprint density at radius 3 is 2.23 bits per heavy atom. The number of nitrogens with one attached hydrogen (secondary N) is 6. The summed E-state index contributed by atoms with van der Waals surface area (Å²) in [7, 11) is 0. The van der Waals surface area contributed by atoms with Crippen molar-refractivity contribution in [2.45, 2.75) is 69.5 Å². The number of benzene rings is 3. The maximum absolute atomic E-state index is 14.1. The molecule has 1 aliphatic heterocycles. The van der Waals surface area contributed by atoms with Gasteiger partial charge in [0.05, 0.1) is 6.61 Å². The van der Waals surface area contributed by atoms with E-state index in [2.05, 4.69) is 26.3 Å². The Hall–Kier alpha value is -5.85. The topological polar surface area (TPSA) is 212 Å². The van der Waals surface area contributed by atoms with E-state index >= 15 is 0 Å². The molecule has 3 amide bonds. The van der Waals surface area contributed by atoms with Gasteiger partial charge in [-0.05, 0) is 73.4 Å². The zero-order valence-corrected chi connectivity index (χ0v) is 29.0. The number of ether oxygens (including phenoxy) is 1. The number of hydrogen-bond donors (Lipinski definition) is 8. The molecule has 0 aliphatic carbocycles. The molecule has 4 atom stereocenters. The highest BCUT2D eigenvalue weighted by molar-refractivity contribution is 5.94. The number of cyclic esters (lactones) is 1. The number of rotatable bonds is 10. The van der Waals surface area contributed by atoms with Gasteiger partial charge in [-0.2, -0.15) is 0 Å². The number of esters is 1. The fraction of sp³-hybridized carbons (Fsp3) is 0.359. The smallest absolute Gasteiger partial charge is 0.328 e. The first-order chi connectivity index (χ1) is 25.2. The van der Waals surface area contributed by atoms with Crippen molar-refractivity contribution in [2.75, 3.05) is 13.2 Å². The minimum atomic E-state index is -1.09. The number of phenolic OH excluding ortho intramolecular Hbond substituents is 1. The fourth-order valence-corrected chi connectivity index (χ4v) is 6.41. The molecule has 13 heteroatoms. The number of H-pyrrole nitrogens is 1. The molecule has 5 rings (SSSR count). The second-order valence-electron chi connectivity index (χ2n) is 13.2. The lowest BCUT2D eigenvalue weighted by molar-refractivity contribution is -0.148. The number of phenols is 1. The van der Waals surface area contributed by atoms with Gasteiger partial charge in [0.25, 0.3) is 0 Å². The van der Waals surface area contributed by atoms with Gasteiger partial charge in [-0.1, -0.05) is 60.7 Å². The summed E-state index contributed by atoms with van der Waals surface area (Å²) in [6.45, 7) is 0.374. The number of fused-ring (bicyclic) bond motifs is 1. The lowest BCUT2D eigenvalue weighted by atomic mass is 9.92. The van der Waals surface area contributed by atoms with Gasteiger partial charge in [0.2, 0.25) is 17.7 Å². The molecule has 9 N–H and O–H groups in total. The summed E-state index contributed by atoms with van der Waals surface area (Å²) in [6, 6.07) is 20.5. The first-order valence-corrected chi connectivity index (χ1v) is 17.7. The average Bonchev–Trinajstić information content (AvgIpc) is 3.54. The van der Waals surface area contributed by atoms with E-state index in [1.165, 1.54) is 0 Å². The molecule has 1 aliphatic rings. The van der Waals surface area contributed by atoms with Crippen LogP contribution in [-0.4, -0.2) is 71.0 Å². The van der Waals surface area contributed by atoms with E-state index in [0.717, 1.165) is 27.6 Å². The second-order valence-corrected chi connectivity index (χ2v) is 13.2. The molecule has 274 valence electrons. The number of carbonyl (C=O) groups is 4. The predicted octanol–water partition coefficient (Wildman–Crippen LogP) is 2.96. The predicted molar refractivity (Wildman–Crippen MR) is 197 cm³/mol. The summed E-state index contributed by atoms with van der Waals surface area (Å²) >= 11 is 0. The molecule has 1 fully saturated rings. The van der Waals surface area contributed by atoms with E-state index in [0.29, 0.717) is 32.1 Å². The van der Waals surface area contributed by atoms with Crippen molar-refractivity contribution in [3.05, 3.63) is 102 Å². The Balaban J connectivity index is 1.44. The van der Waals surface area contributed by atoms with E-state index in [9.17, 15) is 24.3 Å². The average molecular weight is 710 g/mol. The van der Waals surface area contributed by atoms with Crippen LogP contribution < -0.4 is 27.0 Å². The Labute approximate surface area is 302 Å². The van der Waals surface area contributed by atoms with Crippen molar-refractivity contribution in [3.63, 3.8) is 0 Å². The van der Waals surface area contributed by atoms with E-state index < -0.39 is 41.8 Å². The number of nitrogens with two attached hydrogens (primary N) is 1. The van der Waals surface area contributed by atoms with Crippen LogP contribution in [0.15, 0.2) is 85.1 Å². The number of amides is 3. The van der Waals surface area contributed by atoms with Crippen LogP contribution in [0.3, 0.4) is 0 Å². The molecule has 0 bridgehead atoms. The molecule has 0 radical (unpaired) electrons. The number of para-hydroxylation sites is 1. The highest BCUT2D eigenvalue weighted by Crippen LogP contribution is 2.21. The molecule has 3 aromatic carbocycles. The van der Waals surface area contributed by atoms with Crippen LogP contribution in [0, 0.1) is 11.3 Å². The minimum Gasteiger partial charge on any atom is -0.508 e. The third kappa shape index (κ3) is 10.8. The molecule has 13 nitrogen and oxygen atoms in total. The van der Waals surface area contributed by atoms with Gasteiger partial charge < -0.3 is 41.8 Å². The van der Waals surface area contributed by atoms with Gasteiger partial charge >= 0.3 is 5.97 Å². The van der Waals surface area contributed by atoms with Crippen LogP contribution in [0.2, 0.25) is 0 Å². The van der Waals surface area contributed by atoms with Crippen LogP contribution in [-0.2, 0) is 43.2 Å². The molecule has 52 heavy (non-hydrogen) atoms. The molecule has 1 aromatic heterocycles. The maximum Gasteiger partial charge on any atom is 0.328 e. The van der Waals surface area contributed by atoms with E-state index in [4.69, 9.17) is 15.9 Å². The summed E-state index contributed by atoms with van der Waals surface area (Å²) < 4.78 is 5.70. The number of aromatic amines is 1. The van der Waals surface area contributed by atoms with Crippen molar-refractivity contribution in [2.24, 2.45) is 11.7 Å². The van der Waals surface area contributed by atoms with Gasteiger partial charge in [-0.3, -0.25) is 19.8 Å². The summed E-state index contributed by atoms with van der Waals surface area (Å²) in [4.78, 5) is 58.8. The molecular weight excluding hydrogens is 662 g/mol. The minimum absolute atomic E-state index is 0.0974. The maximum atomic E-state index is 14.1. The Kier molecular flexibility index (Phi) is 13.2. The highest BCUT2D eigenvalue weighted by Gasteiger charge is 2.32. The standard InChI is InChI=1S/C39H47N7O6/c40-39(41)42-19-8-14-32-36(49)46-34(23-28-24-43-31-13-5-4-12-30(28)31)38(51)52-20-7-6-11-27(21-26-15-17-29(47)18-16-26)35(48)45-33(37(50)44-32)22-25-9-2-1-3-10-25/h1-5,9-10,12-13,15-18,24,27,32-34,43,47H,6-8,11,14,19-23H2,(H,44,50)(H,45,48)(H,46,49)(H4,40,41,42). The number of aromatic nitrogens is 1. The van der Waals surface area contributed by atoms with Crippen molar-refractivity contribution >= 4 is 40.6 Å². The molecule has 4 unspecified atom stereocenters. The SMILES string of the molecule is N=C(N)NCCCC1NC(=O)C(Cc2ccccc2)NC(=O)C(Cc2ccc(O)cc2)CCCCOC(=O)C(Cc2c[nH]c3ccccc23)NC1=O. The van der Waals surface area contributed by atoms with Gasteiger partial charge in [-0.25, -0.2) is 4.79 Å². The Bertz CT molecular complexity index is 1830. The first kappa shape index (κ1) is 37.4. The highest BCUT2D eigenvalue weighted by atomic mass is 16.5. The normalized spacial score (nSPS) is 20.7. The Morgan fingerprint density at radius 2 is 1.46 bits per heavy atom. The zero-order chi connectivity index (χ0) is 36.9. The molecule has 0 saturated carbocycles. The fourth-order valence-electron chi connectivity index (χ4n) is 6.41. The first-order valence-electron chi connectivity index (χ1n) is 17.7. The van der Waals surface area contributed by atoms with Crippen molar-refractivity contribution < 1.29 is 29.0 Å². The van der Waals surface area contributed by atoms with E-state index in [1.807, 2.05) is 54.6 Å². The zero-order valence-electron chi connectivity index (χ0n) is 29.0. The van der Waals surface area contributed by atoms with Crippen LogP contribution in [0.5, 0.6) is 5.75 Å². The molecular formula is C39H47N7O6. The molecule has 4 aromatic rings. The van der Waals surface area contributed by atoms with Gasteiger partial charge in [0, 0.05) is 42.4 Å². The number of hydrogen-bond acceptors (Lipinski definition) is 7. The lowest BCUT2D eigenvalue weighted by Crippen LogP contribution is -2.57. The van der Waals surface area contributed by atoms with Crippen molar-refractivity contribution in [3.8, 4) is 5.75 Å². The summed E-state index contributed by atoms with van der Waals surface area (Å²) in [5.74, 6) is -2.69. The van der Waals surface area contributed by atoms with Crippen LogP contribution in [0.4, 0.5) is 0 Å². The van der Waals surface area contributed by atoms with Crippen molar-refractivity contribution in [1.82, 2.24) is 26.3 Å². The molecule has 1 saturated heterocycles.